The summed E-state index contributed by atoms with van der Waals surface area (Å²) in [5, 5.41) is 2.63. The maximum Gasteiger partial charge on any atom is 0.256 e. The number of piperidine rings is 2. The quantitative estimate of drug-likeness (QED) is 0.410. The molecule has 35 heavy (non-hydrogen) atoms. The number of ether oxygens (including phenoxy) is 2. The monoisotopic (exact) mass is 521 g/mol. The number of nitrogens with zero attached hydrogens (tertiary/aromatic N) is 2. The van der Waals surface area contributed by atoms with Gasteiger partial charge >= 0.3 is 0 Å². The van der Waals surface area contributed by atoms with E-state index < -0.39 is 0 Å². The van der Waals surface area contributed by atoms with Gasteiger partial charge in [-0.3, -0.25) is 14.6 Å². The summed E-state index contributed by atoms with van der Waals surface area (Å²) < 4.78 is 12.0. The number of aromatic nitrogens is 1. The molecule has 0 spiro atoms. The summed E-state index contributed by atoms with van der Waals surface area (Å²) in [4.78, 5) is 20.8. The minimum atomic E-state index is -0.0931. The Labute approximate surface area is 219 Å². The van der Waals surface area contributed by atoms with Gasteiger partial charge in [0.25, 0.3) is 5.56 Å². The summed E-state index contributed by atoms with van der Waals surface area (Å²) in [6, 6.07) is 11.8. The minimum Gasteiger partial charge on any atom is -0.492 e. The van der Waals surface area contributed by atoms with Gasteiger partial charge in [0.1, 0.15) is 24.7 Å². The number of H-pyrrole nitrogens is 1. The Morgan fingerprint density at radius 2 is 1.17 bits per heavy atom. The molecule has 0 saturated carbocycles. The molecule has 3 aromatic rings. The largest absolute Gasteiger partial charge is 0.492 e. The Bertz CT molecular complexity index is 1140. The van der Waals surface area contributed by atoms with E-state index in [0.717, 1.165) is 54.0 Å². The molecular weight excluding hydrogens is 485 g/mol. The summed E-state index contributed by atoms with van der Waals surface area (Å²) >= 11 is 0. The number of fused-ring (bicyclic) bond motifs is 3. The van der Waals surface area contributed by atoms with Crippen LogP contribution in [0.15, 0.2) is 41.2 Å². The third kappa shape index (κ3) is 7.04. The summed E-state index contributed by atoms with van der Waals surface area (Å²) in [5.74, 6) is 1.55. The topological polar surface area (TPSA) is 57.8 Å². The fourth-order valence-electron chi connectivity index (χ4n) is 5.13. The normalized spacial score (nSPS) is 17.0. The number of rotatable bonds is 8. The highest BCUT2D eigenvalue weighted by molar-refractivity contribution is 6.05. The molecule has 2 aliphatic rings. The molecular formula is C27H37Cl2N3O3. The molecule has 3 heterocycles. The van der Waals surface area contributed by atoms with Crippen molar-refractivity contribution in [3.63, 3.8) is 0 Å². The molecule has 2 aliphatic heterocycles. The first-order valence-corrected chi connectivity index (χ1v) is 12.6. The van der Waals surface area contributed by atoms with Crippen LogP contribution in [0.1, 0.15) is 38.5 Å². The molecule has 0 atom stereocenters. The maximum atomic E-state index is 12.8. The summed E-state index contributed by atoms with van der Waals surface area (Å²) in [6.45, 7) is 7.87. The zero-order valence-corrected chi connectivity index (χ0v) is 21.9. The van der Waals surface area contributed by atoms with Crippen molar-refractivity contribution < 1.29 is 9.47 Å². The van der Waals surface area contributed by atoms with Gasteiger partial charge in [0.15, 0.2) is 0 Å². The minimum absolute atomic E-state index is 0. The molecule has 0 unspecified atom stereocenters. The van der Waals surface area contributed by atoms with Crippen molar-refractivity contribution in [2.45, 2.75) is 38.5 Å². The molecule has 0 radical (unpaired) electrons. The van der Waals surface area contributed by atoms with Crippen molar-refractivity contribution in [1.82, 2.24) is 14.8 Å². The van der Waals surface area contributed by atoms with E-state index in [1.165, 1.54) is 51.6 Å². The van der Waals surface area contributed by atoms with Crippen molar-refractivity contribution in [3.8, 4) is 11.5 Å². The van der Waals surface area contributed by atoms with E-state index in [2.05, 4.69) is 14.8 Å². The molecule has 2 aromatic carbocycles. The SMILES string of the molecule is Cl.Cl.O=c1[nH]c2cc(OCCN3CCCCC3)ccc2c2ccc(OCCN3CCCCC3)cc12. The Hall–Kier alpha value is -1.99. The van der Waals surface area contributed by atoms with Crippen molar-refractivity contribution in [2.75, 3.05) is 52.5 Å². The van der Waals surface area contributed by atoms with E-state index in [1.54, 1.807) is 0 Å². The van der Waals surface area contributed by atoms with E-state index in [1.807, 2.05) is 36.4 Å². The van der Waals surface area contributed by atoms with Crippen molar-refractivity contribution in [2.24, 2.45) is 0 Å². The Kier molecular flexibility index (Phi) is 10.5. The number of pyridine rings is 1. The molecule has 1 N–H and O–H groups in total. The molecule has 2 saturated heterocycles. The van der Waals surface area contributed by atoms with E-state index >= 15 is 0 Å². The number of benzene rings is 2. The summed E-state index contributed by atoms with van der Waals surface area (Å²) in [6.07, 6.45) is 7.82. The number of aromatic amines is 1. The van der Waals surface area contributed by atoms with Gasteiger partial charge in [-0.1, -0.05) is 12.8 Å². The van der Waals surface area contributed by atoms with Crippen LogP contribution in [-0.4, -0.2) is 67.3 Å². The van der Waals surface area contributed by atoms with Crippen molar-refractivity contribution in [3.05, 3.63) is 46.8 Å². The zero-order chi connectivity index (χ0) is 22.5. The first kappa shape index (κ1) is 27.6. The van der Waals surface area contributed by atoms with Gasteiger partial charge in [-0.15, -0.1) is 24.8 Å². The van der Waals surface area contributed by atoms with Gasteiger partial charge in [-0.2, -0.15) is 0 Å². The van der Waals surface area contributed by atoms with E-state index in [0.29, 0.717) is 18.6 Å². The number of likely N-dealkylation sites (tertiary alicyclic amines) is 2. The number of nitrogens with one attached hydrogen (secondary N) is 1. The zero-order valence-electron chi connectivity index (χ0n) is 20.3. The van der Waals surface area contributed by atoms with Gasteiger partial charge in [-0.05, 0) is 87.6 Å². The number of halogens is 2. The molecule has 0 bridgehead atoms. The van der Waals surface area contributed by atoms with Gasteiger partial charge in [0.05, 0.1) is 10.9 Å². The first-order chi connectivity index (χ1) is 16.3. The van der Waals surface area contributed by atoms with Crippen LogP contribution in [0, 0.1) is 0 Å². The van der Waals surface area contributed by atoms with E-state index in [9.17, 15) is 4.79 Å². The molecule has 6 nitrogen and oxygen atoms in total. The second-order valence-corrected chi connectivity index (χ2v) is 9.37. The van der Waals surface area contributed by atoms with E-state index in [4.69, 9.17) is 9.47 Å². The van der Waals surface area contributed by atoms with Crippen LogP contribution in [0.25, 0.3) is 21.7 Å². The number of hydrogen-bond donors (Lipinski definition) is 1. The van der Waals surface area contributed by atoms with Crippen LogP contribution in [0.4, 0.5) is 0 Å². The molecule has 2 fully saturated rings. The molecule has 5 rings (SSSR count). The van der Waals surface area contributed by atoms with Crippen LogP contribution in [0.5, 0.6) is 11.5 Å². The van der Waals surface area contributed by atoms with Gasteiger partial charge in [0, 0.05) is 24.5 Å². The van der Waals surface area contributed by atoms with Gasteiger partial charge in [0.2, 0.25) is 0 Å². The fraction of sp³-hybridized carbons (Fsp3) is 0.519. The third-order valence-electron chi connectivity index (χ3n) is 7.01. The molecule has 1 aromatic heterocycles. The fourth-order valence-corrected chi connectivity index (χ4v) is 5.13. The number of hydrogen-bond acceptors (Lipinski definition) is 5. The lowest BCUT2D eigenvalue weighted by Gasteiger charge is -2.26. The standard InChI is InChI=1S/C27H35N3O3.2ClH/c31-27-25-19-21(32-17-15-29-11-3-1-4-12-29)7-9-23(25)24-10-8-22(20-26(24)28-27)33-18-16-30-13-5-2-6-14-30;;/h7-10,19-20H,1-6,11-18H2,(H,28,31);2*1H. The van der Waals surface area contributed by atoms with Crippen molar-refractivity contribution >= 4 is 46.5 Å². The van der Waals surface area contributed by atoms with Gasteiger partial charge < -0.3 is 14.5 Å². The highest BCUT2D eigenvalue weighted by Crippen LogP contribution is 2.27. The molecule has 0 amide bonds. The highest BCUT2D eigenvalue weighted by atomic mass is 35.5. The predicted molar refractivity (Wildman–Crippen MR) is 148 cm³/mol. The Morgan fingerprint density at radius 3 is 1.74 bits per heavy atom. The van der Waals surface area contributed by atoms with Crippen LogP contribution in [-0.2, 0) is 0 Å². The molecule has 0 aliphatic carbocycles. The van der Waals surface area contributed by atoms with Crippen LogP contribution in [0.2, 0.25) is 0 Å². The van der Waals surface area contributed by atoms with Crippen molar-refractivity contribution in [1.29, 1.82) is 0 Å². The second kappa shape index (κ2) is 13.4. The van der Waals surface area contributed by atoms with Crippen LogP contribution in [0.3, 0.4) is 0 Å². The first-order valence-electron chi connectivity index (χ1n) is 12.6. The lowest BCUT2D eigenvalue weighted by molar-refractivity contribution is 0.183. The maximum absolute atomic E-state index is 12.8. The average Bonchev–Trinajstić information content (AvgIpc) is 2.85. The second-order valence-electron chi connectivity index (χ2n) is 9.37. The third-order valence-corrected chi connectivity index (χ3v) is 7.01. The molecule has 192 valence electrons. The van der Waals surface area contributed by atoms with Crippen LogP contribution < -0.4 is 15.0 Å². The Balaban J connectivity index is 0.00000171. The molecule has 8 heteroatoms. The summed E-state index contributed by atoms with van der Waals surface area (Å²) in [7, 11) is 0. The van der Waals surface area contributed by atoms with Crippen LogP contribution >= 0.6 is 24.8 Å². The highest BCUT2D eigenvalue weighted by Gasteiger charge is 2.12. The lowest BCUT2D eigenvalue weighted by atomic mass is 10.1. The van der Waals surface area contributed by atoms with E-state index in [-0.39, 0.29) is 30.4 Å². The Morgan fingerprint density at radius 1 is 0.657 bits per heavy atom. The van der Waals surface area contributed by atoms with Gasteiger partial charge in [-0.25, -0.2) is 0 Å². The summed E-state index contributed by atoms with van der Waals surface area (Å²) in [5.41, 5.74) is 0.714. The predicted octanol–water partition coefficient (Wildman–Crippen LogP) is 5.25. The smallest absolute Gasteiger partial charge is 0.256 e. The average molecular weight is 523 g/mol. The lowest BCUT2D eigenvalue weighted by Crippen LogP contribution is -2.33.